The van der Waals surface area contributed by atoms with Gasteiger partial charge in [-0.25, -0.2) is 0 Å². The van der Waals surface area contributed by atoms with Crippen LogP contribution in [0.3, 0.4) is 0 Å². The zero-order chi connectivity index (χ0) is 26.2. The zero-order valence-electron chi connectivity index (χ0n) is 21.2. The number of amides is 1. The topological polar surface area (TPSA) is 76.8 Å². The van der Waals surface area contributed by atoms with Crippen molar-refractivity contribution in [1.82, 2.24) is 14.6 Å². The second-order valence-electron chi connectivity index (χ2n) is 9.36. The number of aromatic nitrogens is 3. The van der Waals surface area contributed by atoms with Crippen molar-refractivity contribution < 1.29 is 9.53 Å². The Morgan fingerprint density at radius 1 is 0.947 bits per heavy atom. The fourth-order valence-electron chi connectivity index (χ4n) is 4.57. The van der Waals surface area contributed by atoms with E-state index in [2.05, 4.69) is 17.0 Å². The van der Waals surface area contributed by atoms with Crippen molar-refractivity contribution >= 4 is 33.5 Å². The molecule has 190 valence electrons. The minimum absolute atomic E-state index is 0.188. The van der Waals surface area contributed by atoms with Crippen LogP contribution in [-0.2, 0) is 11.3 Å². The van der Waals surface area contributed by atoms with Gasteiger partial charge in [0, 0.05) is 11.1 Å². The lowest BCUT2D eigenvalue weighted by Gasteiger charge is -2.17. The molecule has 6 rings (SSSR count). The Balaban J connectivity index is 1.36. The molecule has 0 saturated carbocycles. The average Bonchev–Trinajstić information content (AvgIpc) is 3.57. The Hall–Kier alpha value is -4.30. The number of carbonyl (C=O) groups is 1. The molecular formula is C30H26N4O3S. The van der Waals surface area contributed by atoms with Crippen LogP contribution >= 0.6 is 11.3 Å². The van der Waals surface area contributed by atoms with Gasteiger partial charge in [0.15, 0.2) is 5.82 Å². The Bertz CT molecular complexity index is 1750. The monoisotopic (exact) mass is 522 g/mol. The number of thiazole rings is 1. The number of fused-ring (bicyclic) bond motifs is 2. The minimum Gasteiger partial charge on any atom is -0.494 e. The van der Waals surface area contributed by atoms with Gasteiger partial charge in [-0.05, 0) is 49.2 Å². The first-order valence-electron chi connectivity index (χ1n) is 12.7. The molecule has 3 aromatic carbocycles. The van der Waals surface area contributed by atoms with Gasteiger partial charge in [0.2, 0.25) is 4.96 Å². The van der Waals surface area contributed by atoms with E-state index in [1.807, 2.05) is 79.7 Å². The Kier molecular flexibility index (Phi) is 6.25. The first-order chi connectivity index (χ1) is 18.5. The number of hydrogen-bond acceptors (Lipinski definition) is 6. The van der Waals surface area contributed by atoms with Crippen LogP contribution in [0.2, 0.25) is 0 Å². The number of nitrogens with zero attached hydrogens (tertiary/aromatic N) is 4. The SMILES string of the molecule is CCCCOc1ccc(-c2nc3sc(=C4C(=O)N(Cc5ccc(C)cc5)c5ccccc54)c(=O)n3n2)cc1. The molecule has 1 amide bonds. The van der Waals surface area contributed by atoms with Crippen molar-refractivity contribution in [3.05, 3.63) is 104 Å². The third-order valence-electron chi connectivity index (χ3n) is 6.65. The molecule has 0 N–H and O–H groups in total. The Morgan fingerprint density at radius 3 is 2.45 bits per heavy atom. The van der Waals surface area contributed by atoms with Gasteiger partial charge in [-0.15, -0.1) is 5.10 Å². The number of hydrogen-bond donors (Lipinski definition) is 0. The van der Waals surface area contributed by atoms with Gasteiger partial charge < -0.3 is 9.64 Å². The zero-order valence-corrected chi connectivity index (χ0v) is 22.0. The third-order valence-corrected chi connectivity index (χ3v) is 7.68. The lowest BCUT2D eigenvalue weighted by Crippen LogP contribution is -2.32. The van der Waals surface area contributed by atoms with Crippen LogP contribution in [0.15, 0.2) is 77.6 Å². The second kappa shape index (κ2) is 9.87. The predicted octanol–water partition coefficient (Wildman–Crippen LogP) is 4.77. The molecule has 2 aromatic heterocycles. The molecular weight excluding hydrogens is 496 g/mol. The highest BCUT2D eigenvalue weighted by molar-refractivity contribution is 7.15. The lowest BCUT2D eigenvalue weighted by molar-refractivity contribution is -0.113. The van der Waals surface area contributed by atoms with Gasteiger partial charge in [-0.1, -0.05) is 72.7 Å². The third kappa shape index (κ3) is 4.26. The van der Waals surface area contributed by atoms with E-state index in [1.165, 1.54) is 15.9 Å². The highest BCUT2D eigenvalue weighted by Gasteiger charge is 2.34. The molecule has 8 heteroatoms. The number of unbranched alkanes of at least 4 members (excludes halogenated alkanes) is 1. The summed E-state index contributed by atoms with van der Waals surface area (Å²) < 4.78 is 7.39. The molecule has 1 aliphatic heterocycles. The van der Waals surface area contributed by atoms with Gasteiger partial charge in [-0.2, -0.15) is 9.50 Å². The van der Waals surface area contributed by atoms with Crippen molar-refractivity contribution in [3.8, 4) is 17.1 Å². The van der Waals surface area contributed by atoms with Crippen molar-refractivity contribution in [3.63, 3.8) is 0 Å². The van der Waals surface area contributed by atoms with E-state index in [0.717, 1.165) is 46.5 Å². The van der Waals surface area contributed by atoms with Gasteiger partial charge >= 0.3 is 0 Å². The van der Waals surface area contributed by atoms with Gasteiger partial charge in [0.05, 0.1) is 24.4 Å². The molecule has 0 bridgehead atoms. The smallest absolute Gasteiger partial charge is 0.291 e. The van der Waals surface area contributed by atoms with Crippen molar-refractivity contribution in [2.75, 3.05) is 11.5 Å². The van der Waals surface area contributed by atoms with Crippen LogP contribution < -0.4 is 19.7 Å². The summed E-state index contributed by atoms with van der Waals surface area (Å²) in [5.41, 5.74) is 4.61. The summed E-state index contributed by atoms with van der Waals surface area (Å²) in [7, 11) is 0. The van der Waals surface area contributed by atoms with Crippen molar-refractivity contribution in [2.45, 2.75) is 33.2 Å². The number of carbonyl (C=O) groups excluding carboxylic acids is 1. The number of rotatable bonds is 7. The van der Waals surface area contributed by atoms with Crippen LogP contribution in [0.25, 0.3) is 21.9 Å². The molecule has 0 aliphatic carbocycles. The summed E-state index contributed by atoms with van der Waals surface area (Å²) in [6.45, 7) is 5.27. The molecule has 38 heavy (non-hydrogen) atoms. The summed E-state index contributed by atoms with van der Waals surface area (Å²) >= 11 is 1.20. The van der Waals surface area contributed by atoms with Gasteiger partial charge in [0.1, 0.15) is 10.3 Å². The molecule has 0 atom stereocenters. The summed E-state index contributed by atoms with van der Waals surface area (Å²) in [5.74, 6) is 1.07. The number of benzene rings is 3. The van der Waals surface area contributed by atoms with Crippen molar-refractivity contribution in [2.24, 2.45) is 0 Å². The Morgan fingerprint density at radius 2 is 1.71 bits per heavy atom. The second-order valence-corrected chi connectivity index (χ2v) is 10.3. The maximum absolute atomic E-state index is 13.7. The van der Waals surface area contributed by atoms with Gasteiger partial charge in [-0.3, -0.25) is 9.59 Å². The normalized spacial score (nSPS) is 14.4. The largest absolute Gasteiger partial charge is 0.494 e. The molecule has 7 nitrogen and oxygen atoms in total. The lowest BCUT2D eigenvalue weighted by atomic mass is 10.1. The molecule has 0 radical (unpaired) electrons. The molecule has 0 fully saturated rings. The predicted molar refractivity (Wildman–Crippen MR) is 150 cm³/mol. The summed E-state index contributed by atoms with van der Waals surface area (Å²) in [6, 6.07) is 23.3. The Labute approximate surface area is 223 Å². The molecule has 1 aliphatic rings. The highest BCUT2D eigenvalue weighted by atomic mass is 32.1. The van der Waals surface area contributed by atoms with E-state index in [4.69, 9.17) is 4.74 Å². The highest BCUT2D eigenvalue weighted by Crippen LogP contribution is 2.36. The van der Waals surface area contributed by atoms with E-state index >= 15 is 0 Å². The standard InChI is InChI=1S/C30H26N4O3S/c1-3-4-17-37-22-15-13-21(14-16-22)27-31-30-34(32-27)29(36)26(38-30)25-23-7-5-6-8-24(23)33(28(25)35)18-20-11-9-19(2)10-12-20/h5-16H,3-4,17-18H2,1-2H3. The number of ether oxygens (including phenoxy) is 1. The van der Waals surface area contributed by atoms with E-state index in [9.17, 15) is 9.59 Å². The molecule has 0 saturated heterocycles. The van der Waals surface area contributed by atoms with E-state index in [1.54, 1.807) is 4.90 Å². The maximum atomic E-state index is 13.7. The summed E-state index contributed by atoms with van der Waals surface area (Å²) in [4.78, 5) is 34.0. The molecule has 0 spiro atoms. The fraction of sp³-hybridized carbons (Fsp3) is 0.200. The van der Waals surface area contributed by atoms with Gasteiger partial charge in [0.25, 0.3) is 11.5 Å². The summed E-state index contributed by atoms with van der Waals surface area (Å²) in [5, 5.41) is 4.48. The number of para-hydroxylation sites is 1. The van der Waals surface area contributed by atoms with Crippen LogP contribution in [0.1, 0.15) is 36.5 Å². The molecule has 3 heterocycles. The number of aryl methyl sites for hydroxylation is 1. The van der Waals surface area contributed by atoms with E-state index in [0.29, 0.717) is 34.0 Å². The van der Waals surface area contributed by atoms with Crippen LogP contribution in [0.5, 0.6) is 5.75 Å². The molecule has 0 unspecified atom stereocenters. The van der Waals surface area contributed by atoms with Crippen molar-refractivity contribution in [1.29, 1.82) is 0 Å². The average molecular weight is 523 g/mol. The molecule has 5 aromatic rings. The maximum Gasteiger partial charge on any atom is 0.291 e. The van der Waals surface area contributed by atoms with E-state index in [-0.39, 0.29) is 11.5 Å². The first-order valence-corrected chi connectivity index (χ1v) is 13.5. The summed E-state index contributed by atoms with van der Waals surface area (Å²) in [6.07, 6.45) is 2.08. The first kappa shape index (κ1) is 24.1. The van der Waals surface area contributed by atoms with Crippen LogP contribution in [0.4, 0.5) is 5.69 Å². The number of anilines is 1. The quantitative estimate of drug-likeness (QED) is 0.288. The minimum atomic E-state index is -0.335. The van der Waals surface area contributed by atoms with E-state index < -0.39 is 0 Å². The van der Waals surface area contributed by atoms with Crippen LogP contribution in [0, 0.1) is 6.92 Å². The fourth-order valence-corrected chi connectivity index (χ4v) is 5.57. The van der Waals surface area contributed by atoms with Crippen LogP contribution in [-0.4, -0.2) is 27.1 Å².